The average molecular weight is 1000 g/mol. The highest BCUT2D eigenvalue weighted by atomic mass is 16.3. The Morgan fingerprint density at radius 3 is 0.679 bits per heavy atom. The molecule has 18 aromatic rings. The summed E-state index contributed by atoms with van der Waals surface area (Å²) in [5.74, 6) is 0. The van der Waals surface area contributed by atoms with Crippen LogP contribution >= 0.6 is 0 Å². The van der Waals surface area contributed by atoms with Crippen LogP contribution < -0.4 is 9.80 Å². The van der Waals surface area contributed by atoms with Crippen molar-refractivity contribution in [1.82, 2.24) is 0 Å². The molecule has 0 N–H and O–H groups in total. The number of benzene rings is 12. The number of rotatable bonds is 6. The fourth-order valence-electron chi connectivity index (χ4n) is 12.5. The molecule has 0 radical (unpaired) electrons. The van der Waals surface area contributed by atoms with Gasteiger partial charge in [-0.15, -0.1) is 0 Å². The number of nitrogens with zero attached hydrogens (tertiary/aromatic N) is 2. The minimum atomic E-state index is 0.776. The van der Waals surface area contributed by atoms with Crippen molar-refractivity contribution in [3.63, 3.8) is 0 Å². The molecule has 0 unspecified atom stereocenters. The number of para-hydroxylation sites is 4. The quantitative estimate of drug-likeness (QED) is 0.163. The van der Waals surface area contributed by atoms with Gasteiger partial charge in [0.15, 0.2) is 0 Å². The highest BCUT2D eigenvalue weighted by Gasteiger charge is 2.23. The van der Waals surface area contributed by atoms with E-state index in [0.717, 1.165) is 177 Å². The summed E-state index contributed by atoms with van der Waals surface area (Å²) < 4.78 is 39.4. The number of hydrogen-bond acceptors (Lipinski definition) is 8. The molecule has 364 valence electrons. The molecule has 0 saturated carbocycles. The van der Waals surface area contributed by atoms with Crippen LogP contribution in [0.3, 0.4) is 0 Å². The molecule has 0 bridgehead atoms. The summed E-state index contributed by atoms with van der Waals surface area (Å²) in [5.41, 5.74) is 15.5. The Labute approximate surface area is 441 Å². The van der Waals surface area contributed by atoms with Gasteiger partial charge in [0.2, 0.25) is 0 Å². The number of hydrogen-bond donors (Lipinski definition) is 0. The lowest BCUT2D eigenvalue weighted by Crippen LogP contribution is -2.09. The average Bonchev–Trinajstić information content (AvgIpc) is 4.52. The zero-order valence-corrected chi connectivity index (χ0v) is 41.3. The minimum absolute atomic E-state index is 0.776. The van der Waals surface area contributed by atoms with Crippen molar-refractivity contribution < 1.29 is 26.5 Å². The molecule has 8 heteroatoms. The molecule has 18 rings (SSSR count). The van der Waals surface area contributed by atoms with Crippen LogP contribution in [0, 0.1) is 0 Å². The van der Waals surface area contributed by atoms with E-state index in [1.54, 1.807) is 0 Å². The van der Waals surface area contributed by atoms with E-state index in [1.165, 1.54) is 0 Å². The van der Waals surface area contributed by atoms with Crippen molar-refractivity contribution in [2.75, 3.05) is 9.80 Å². The van der Waals surface area contributed by atoms with Crippen molar-refractivity contribution in [1.29, 1.82) is 0 Å². The van der Waals surface area contributed by atoms with Gasteiger partial charge in [-0.2, -0.15) is 0 Å². The van der Waals surface area contributed by atoms with Crippen LogP contribution in [0.1, 0.15) is 0 Å². The van der Waals surface area contributed by atoms with E-state index in [-0.39, 0.29) is 0 Å². The molecule has 8 nitrogen and oxygen atoms in total. The summed E-state index contributed by atoms with van der Waals surface area (Å²) in [6, 6.07) is 80.0. The number of fused-ring (bicyclic) bond motifs is 21. The molecular formula is C70H38N2O6. The van der Waals surface area contributed by atoms with Gasteiger partial charge in [-0.1, -0.05) is 72.8 Å². The van der Waals surface area contributed by atoms with E-state index in [9.17, 15) is 0 Å². The summed E-state index contributed by atoms with van der Waals surface area (Å²) in [7, 11) is 0. The maximum atomic E-state index is 6.83. The van der Waals surface area contributed by atoms with Crippen LogP contribution in [0.4, 0.5) is 34.1 Å². The lowest BCUT2D eigenvalue weighted by Gasteiger charge is -2.25. The van der Waals surface area contributed by atoms with E-state index >= 15 is 0 Å². The minimum Gasteiger partial charge on any atom is -0.456 e. The van der Waals surface area contributed by atoms with E-state index in [1.807, 2.05) is 72.8 Å². The van der Waals surface area contributed by atoms with Gasteiger partial charge in [0.25, 0.3) is 0 Å². The molecular weight excluding hydrogens is 965 g/mol. The number of anilines is 6. The molecule has 6 heterocycles. The molecule has 0 atom stereocenters. The van der Waals surface area contributed by atoms with Crippen molar-refractivity contribution >= 4 is 177 Å². The topological polar surface area (TPSA) is 85.3 Å². The van der Waals surface area contributed by atoms with Crippen LogP contribution in [-0.2, 0) is 0 Å². The van der Waals surface area contributed by atoms with Crippen molar-refractivity contribution in [2.45, 2.75) is 0 Å². The zero-order valence-electron chi connectivity index (χ0n) is 41.3. The third-order valence-corrected chi connectivity index (χ3v) is 16.0. The van der Waals surface area contributed by atoms with Crippen LogP contribution in [0.5, 0.6) is 0 Å². The zero-order chi connectivity index (χ0) is 50.7. The van der Waals surface area contributed by atoms with E-state index in [2.05, 4.69) is 168 Å². The lowest BCUT2D eigenvalue weighted by atomic mass is 9.99. The molecule has 12 aromatic carbocycles. The molecule has 0 saturated heterocycles. The third-order valence-electron chi connectivity index (χ3n) is 16.0. The molecule has 0 aliphatic rings. The van der Waals surface area contributed by atoms with Gasteiger partial charge in [0.05, 0.1) is 0 Å². The molecule has 0 spiro atoms. The lowest BCUT2D eigenvalue weighted by molar-refractivity contribution is 0.667. The SMILES string of the molecule is c1ccc2c(c1)oc1cc(N(c3ccc4c(c3)oc3ccccc34)c3ccc4c(c3)oc3ccc5c(ccc6oc7cc(N(c8ccc9c(c8)oc8ccccc89)c8ccc9c(c8)oc8ccccc89)ccc7c65)c34)ccc12. The first-order valence-electron chi connectivity index (χ1n) is 26.1. The molecule has 6 aromatic heterocycles. The van der Waals surface area contributed by atoms with Crippen LogP contribution in [0.15, 0.2) is 257 Å². The molecule has 78 heavy (non-hydrogen) atoms. The summed E-state index contributed by atoms with van der Waals surface area (Å²) in [5, 5.41) is 14.9. The normalized spacial score (nSPS) is 12.4. The summed E-state index contributed by atoms with van der Waals surface area (Å²) in [4.78, 5) is 4.49. The predicted molar refractivity (Wildman–Crippen MR) is 317 cm³/mol. The Morgan fingerprint density at radius 2 is 0.385 bits per heavy atom. The first-order valence-corrected chi connectivity index (χ1v) is 26.1. The largest absolute Gasteiger partial charge is 0.456 e. The van der Waals surface area contributed by atoms with Gasteiger partial charge < -0.3 is 36.3 Å². The molecule has 0 aliphatic heterocycles. The monoisotopic (exact) mass is 1000 g/mol. The fraction of sp³-hybridized carbons (Fsp3) is 0. The highest BCUT2D eigenvalue weighted by Crippen LogP contribution is 2.47. The van der Waals surface area contributed by atoms with Crippen molar-refractivity contribution in [3.8, 4) is 0 Å². The van der Waals surface area contributed by atoms with Gasteiger partial charge in [-0.25, -0.2) is 0 Å². The van der Waals surface area contributed by atoms with Gasteiger partial charge >= 0.3 is 0 Å². The van der Waals surface area contributed by atoms with Crippen LogP contribution in [0.2, 0.25) is 0 Å². The molecule has 0 aliphatic carbocycles. The summed E-state index contributed by atoms with van der Waals surface area (Å²) >= 11 is 0. The Kier molecular flexibility index (Phi) is 8.24. The van der Waals surface area contributed by atoms with Crippen molar-refractivity contribution in [3.05, 3.63) is 231 Å². The Balaban J connectivity index is 0.777. The second-order valence-corrected chi connectivity index (χ2v) is 20.3. The molecule has 0 fully saturated rings. The second-order valence-electron chi connectivity index (χ2n) is 20.3. The standard InChI is InChI=1S/C70H38N2O6/c1-5-13-57-45(9-1)49-23-17-39(33-63(49)73-57)71(40-18-24-50-46-10-2-6-14-58(46)74-64(50)34-40)43-21-27-55-67(37-43)77-61-31-29-54-53(69(55)61)30-32-62-70(54)56-28-22-44(38-68(56)78-62)72(41-19-25-51-47-11-3-7-15-59(47)75-65(51)35-41)42-20-26-52-48-12-4-8-16-60(48)76-66(52)36-42/h1-38H. The van der Waals surface area contributed by atoms with E-state index in [4.69, 9.17) is 26.5 Å². The van der Waals surface area contributed by atoms with Gasteiger partial charge in [-0.05, 0) is 132 Å². The Bertz CT molecular complexity index is 5000. The third kappa shape index (κ3) is 5.93. The van der Waals surface area contributed by atoms with E-state index < -0.39 is 0 Å². The first kappa shape index (κ1) is 41.6. The van der Waals surface area contributed by atoms with Crippen LogP contribution in [0.25, 0.3) is 142 Å². The molecule has 0 amide bonds. The van der Waals surface area contributed by atoms with Crippen molar-refractivity contribution in [2.24, 2.45) is 0 Å². The Hall–Kier alpha value is -10.7. The maximum absolute atomic E-state index is 6.83. The maximum Gasteiger partial charge on any atom is 0.137 e. The second kappa shape index (κ2) is 15.4. The predicted octanol–water partition coefficient (Wildman–Crippen LogP) is 21.2. The van der Waals surface area contributed by atoms with Gasteiger partial charge in [0, 0.05) is 135 Å². The first-order chi connectivity index (χ1) is 38.6. The smallest absolute Gasteiger partial charge is 0.137 e. The Morgan fingerprint density at radius 1 is 0.167 bits per heavy atom. The van der Waals surface area contributed by atoms with Crippen LogP contribution in [-0.4, -0.2) is 0 Å². The summed E-state index contributed by atoms with van der Waals surface area (Å²) in [6.45, 7) is 0. The number of furan rings is 6. The van der Waals surface area contributed by atoms with Gasteiger partial charge in [-0.3, -0.25) is 0 Å². The highest BCUT2D eigenvalue weighted by molar-refractivity contribution is 6.28. The van der Waals surface area contributed by atoms with Gasteiger partial charge in [0.1, 0.15) is 67.0 Å². The van der Waals surface area contributed by atoms with E-state index in [0.29, 0.717) is 0 Å². The summed E-state index contributed by atoms with van der Waals surface area (Å²) in [6.07, 6.45) is 0. The fourth-order valence-corrected chi connectivity index (χ4v) is 12.5.